The zero-order chi connectivity index (χ0) is 16.8. The lowest BCUT2D eigenvalue weighted by molar-refractivity contribution is -0.106. The van der Waals surface area contributed by atoms with Gasteiger partial charge in [0, 0.05) is 19.8 Å². The van der Waals surface area contributed by atoms with Gasteiger partial charge in [-0.15, -0.1) is 0 Å². The van der Waals surface area contributed by atoms with Crippen molar-refractivity contribution < 1.29 is 24.5 Å². The number of aldehydes is 1. The van der Waals surface area contributed by atoms with Crippen molar-refractivity contribution in [2.24, 2.45) is 0 Å². The first kappa shape index (κ1) is 16.7. The van der Waals surface area contributed by atoms with E-state index in [9.17, 15) is 15.0 Å². The maximum absolute atomic E-state index is 10.7. The van der Waals surface area contributed by atoms with E-state index in [0.717, 1.165) is 6.29 Å². The van der Waals surface area contributed by atoms with Gasteiger partial charge in [-0.1, -0.05) is 0 Å². The number of anilines is 1. The zero-order valence-electron chi connectivity index (χ0n) is 13.1. The van der Waals surface area contributed by atoms with Crippen molar-refractivity contribution in [1.29, 1.82) is 0 Å². The van der Waals surface area contributed by atoms with Gasteiger partial charge in [0.15, 0.2) is 11.6 Å². The SMILES string of the molecule is COCCOc1ccc(-n2cc(O)c(O)c2N(C)CC=O)cc1. The molecule has 0 amide bonds. The minimum absolute atomic E-state index is 0.0925. The zero-order valence-corrected chi connectivity index (χ0v) is 13.1. The van der Waals surface area contributed by atoms with E-state index in [2.05, 4.69) is 0 Å². The Labute approximate surface area is 134 Å². The molecule has 0 saturated heterocycles. The van der Waals surface area contributed by atoms with Gasteiger partial charge in [-0.05, 0) is 24.3 Å². The van der Waals surface area contributed by atoms with Crippen LogP contribution >= 0.6 is 0 Å². The fraction of sp³-hybridized carbons (Fsp3) is 0.312. The Bertz CT molecular complexity index is 651. The average Bonchev–Trinajstić information content (AvgIpc) is 2.84. The van der Waals surface area contributed by atoms with Crippen LogP contribution in [0.4, 0.5) is 5.82 Å². The Morgan fingerprint density at radius 1 is 1.22 bits per heavy atom. The van der Waals surface area contributed by atoms with Crippen LogP contribution in [0.3, 0.4) is 0 Å². The standard InChI is InChI=1S/C16H20N2O5/c1-17(7-8-19)16-15(21)14(20)11-18(16)12-3-5-13(6-4-12)23-10-9-22-2/h3-6,8,11,20-21H,7,9-10H2,1-2H3. The number of hydrogen-bond donors (Lipinski definition) is 2. The third kappa shape index (κ3) is 3.75. The number of aromatic hydroxyl groups is 2. The number of benzene rings is 1. The lowest BCUT2D eigenvalue weighted by Gasteiger charge is -2.19. The number of aromatic nitrogens is 1. The van der Waals surface area contributed by atoms with Gasteiger partial charge in [0.05, 0.1) is 19.3 Å². The monoisotopic (exact) mass is 320 g/mol. The summed E-state index contributed by atoms with van der Waals surface area (Å²) >= 11 is 0. The van der Waals surface area contributed by atoms with Crippen molar-refractivity contribution in [3.8, 4) is 22.9 Å². The molecule has 2 N–H and O–H groups in total. The molecule has 0 spiro atoms. The van der Waals surface area contributed by atoms with Crippen LogP contribution in [0.5, 0.6) is 17.2 Å². The Morgan fingerprint density at radius 3 is 2.52 bits per heavy atom. The van der Waals surface area contributed by atoms with Crippen LogP contribution in [0, 0.1) is 0 Å². The molecule has 0 aliphatic rings. The molecule has 0 saturated carbocycles. The van der Waals surface area contributed by atoms with E-state index in [1.807, 2.05) is 0 Å². The summed E-state index contributed by atoms with van der Waals surface area (Å²) in [6, 6.07) is 7.14. The molecule has 2 aromatic rings. The van der Waals surface area contributed by atoms with Gasteiger partial charge >= 0.3 is 0 Å². The molecule has 1 aromatic heterocycles. The molecule has 0 radical (unpaired) electrons. The number of carbonyl (C=O) groups is 1. The van der Waals surface area contributed by atoms with Crippen LogP contribution in [-0.4, -0.2) is 55.0 Å². The normalized spacial score (nSPS) is 10.5. The quantitative estimate of drug-likeness (QED) is 0.567. The molecule has 7 nitrogen and oxygen atoms in total. The molecule has 7 heteroatoms. The molecular formula is C16H20N2O5. The summed E-state index contributed by atoms with van der Waals surface area (Å²) in [5, 5.41) is 19.8. The van der Waals surface area contributed by atoms with Crippen LogP contribution in [0.25, 0.3) is 5.69 Å². The Kier molecular flexibility index (Phi) is 5.48. The highest BCUT2D eigenvalue weighted by molar-refractivity contribution is 5.68. The molecule has 1 heterocycles. The Morgan fingerprint density at radius 2 is 1.91 bits per heavy atom. The molecule has 0 atom stereocenters. The first-order valence-electron chi connectivity index (χ1n) is 7.08. The van der Waals surface area contributed by atoms with Crippen molar-refractivity contribution in [2.45, 2.75) is 0 Å². The van der Waals surface area contributed by atoms with Gasteiger partial charge in [-0.2, -0.15) is 0 Å². The first-order chi connectivity index (χ1) is 11.1. The van der Waals surface area contributed by atoms with Gasteiger partial charge in [0.25, 0.3) is 0 Å². The van der Waals surface area contributed by atoms with Crippen molar-refractivity contribution in [1.82, 2.24) is 4.57 Å². The largest absolute Gasteiger partial charge is 0.503 e. The van der Waals surface area contributed by atoms with Gasteiger partial charge in [0.2, 0.25) is 5.75 Å². The van der Waals surface area contributed by atoms with E-state index >= 15 is 0 Å². The van der Waals surface area contributed by atoms with E-state index in [1.54, 1.807) is 47.9 Å². The smallest absolute Gasteiger partial charge is 0.201 e. The number of ether oxygens (including phenoxy) is 2. The molecule has 0 aliphatic heterocycles. The maximum Gasteiger partial charge on any atom is 0.201 e. The molecule has 0 fully saturated rings. The van der Waals surface area contributed by atoms with Crippen LogP contribution < -0.4 is 9.64 Å². The molecular weight excluding hydrogens is 300 g/mol. The Balaban J connectivity index is 2.27. The maximum atomic E-state index is 10.7. The van der Waals surface area contributed by atoms with Crippen molar-refractivity contribution in [3.05, 3.63) is 30.5 Å². The fourth-order valence-corrected chi connectivity index (χ4v) is 2.18. The third-order valence-electron chi connectivity index (χ3n) is 3.32. The minimum Gasteiger partial charge on any atom is -0.503 e. The van der Waals surface area contributed by atoms with E-state index in [-0.39, 0.29) is 18.0 Å². The average molecular weight is 320 g/mol. The molecule has 0 aliphatic carbocycles. The van der Waals surface area contributed by atoms with Crippen LogP contribution in [0.2, 0.25) is 0 Å². The van der Waals surface area contributed by atoms with Gasteiger partial charge < -0.3 is 29.4 Å². The van der Waals surface area contributed by atoms with E-state index < -0.39 is 0 Å². The lowest BCUT2D eigenvalue weighted by Crippen LogP contribution is -2.22. The summed E-state index contributed by atoms with van der Waals surface area (Å²) in [4.78, 5) is 12.2. The number of carbonyl (C=O) groups excluding carboxylic acids is 1. The van der Waals surface area contributed by atoms with Crippen molar-refractivity contribution in [2.75, 3.05) is 38.8 Å². The second-order valence-electron chi connectivity index (χ2n) is 4.94. The van der Waals surface area contributed by atoms with Gasteiger partial charge in [0.1, 0.15) is 18.6 Å². The highest BCUT2D eigenvalue weighted by Gasteiger charge is 2.19. The number of rotatable bonds is 8. The van der Waals surface area contributed by atoms with Crippen molar-refractivity contribution >= 4 is 12.1 Å². The molecule has 124 valence electrons. The summed E-state index contributed by atoms with van der Waals surface area (Å²) in [5.41, 5.74) is 0.715. The highest BCUT2D eigenvalue weighted by atomic mass is 16.5. The summed E-state index contributed by atoms with van der Waals surface area (Å²) in [6.07, 6.45) is 2.12. The number of methoxy groups -OCH3 is 1. The molecule has 23 heavy (non-hydrogen) atoms. The second-order valence-corrected chi connectivity index (χ2v) is 4.94. The summed E-state index contributed by atoms with van der Waals surface area (Å²) in [5.74, 6) is 0.504. The van der Waals surface area contributed by atoms with E-state index in [1.165, 1.54) is 6.20 Å². The summed E-state index contributed by atoms with van der Waals surface area (Å²) in [7, 11) is 3.26. The van der Waals surface area contributed by atoms with Gasteiger partial charge in [-0.3, -0.25) is 4.57 Å². The first-order valence-corrected chi connectivity index (χ1v) is 7.08. The lowest BCUT2D eigenvalue weighted by atomic mass is 10.3. The van der Waals surface area contributed by atoms with Gasteiger partial charge in [-0.25, -0.2) is 0 Å². The number of nitrogens with zero attached hydrogens (tertiary/aromatic N) is 2. The molecule has 0 bridgehead atoms. The summed E-state index contributed by atoms with van der Waals surface area (Å²) < 4.78 is 12.0. The topological polar surface area (TPSA) is 84.2 Å². The van der Waals surface area contributed by atoms with E-state index in [4.69, 9.17) is 9.47 Å². The summed E-state index contributed by atoms with van der Waals surface area (Å²) in [6.45, 7) is 1.05. The predicted octanol–water partition coefficient (Wildman–Crippen LogP) is 1.55. The number of likely N-dealkylation sites (N-methyl/N-ethyl adjacent to an activating group) is 1. The minimum atomic E-state index is -0.269. The molecule has 0 unspecified atom stereocenters. The third-order valence-corrected chi connectivity index (χ3v) is 3.32. The highest BCUT2D eigenvalue weighted by Crippen LogP contribution is 2.39. The number of hydrogen-bond acceptors (Lipinski definition) is 6. The second kappa shape index (κ2) is 7.55. The van der Waals surface area contributed by atoms with Crippen LogP contribution in [0.1, 0.15) is 0 Å². The van der Waals surface area contributed by atoms with Crippen LogP contribution in [-0.2, 0) is 9.53 Å². The van der Waals surface area contributed by atoms with Crippen LogP contribution in [0.15, 0.2) is 30.5 Å². The molecule has 2 rings (SSSR count). The Hall–Kier alpha value is -2.67. The van der Waals surface area contributed by atoms with Crippen molar-refractivity contribution in [3.63, 3.8) is 0 Å². The molecule has 1 aromatic carbocycles. The predicted molar refractivity (Wildman–Crippen MR) is 85.8 cm³/mol. The van der Waals surface area contributed by atoms with E-state index in [0.29, 0.717) is 30.5 Å². The fourth-order valence-electron chi connectivity index (χ4n) is 2.18.